The summed E-state index contributed by atoms with van der Waals surface area (Å²) in [5.41, 5.74) is 6.74. The van der Waals surface area contributed by atoms with E-state index in [1.54, 1.807) is 0 Å². The van der Waals surface area contributed by atoms with E-state index in [1.165, 1.54) is 0 Å². The Morgan fingerprint density at radius 2 is 2.09 bits per heavy atom. The summed E-state index contributed by atoms with van der Waals surface area (Å²) in [5.74, 6) is 1.83. The van der Waals surface area contributed by atoms with Crippen LogP contribution in [0.5, 0.6) is 0 Å². The lowest BCUT2D eigenvalue weighted by Gasteiger charge is -2.30. The zero-order chi connectivity index (χ0) is 16.5. The van der Waals surface area contributed by atoms with Gasteiger partial charge >= 0.3 is 0 Å². The summed E-state index contributed by atoms with van der Waals surface area (Å²) in [6.45, 7) is 8.07. The molecule has 126 valence electrons. The predicted octanol–water partition coefficient (Wildman–Crippen LogP) is 1.25. The number of hydrogen-bond acceptors (Lipinski definition) is 4. The molecule has 0 aromatic rings. The van der Waals surface area contributed by atoms with Gasteiger partial charge in [0, 0.05) is 31.2 Å². The summed E-state index contributed by atoms with van der Waals surface area (Å²) in [5, 5.41) is 10.2. The number of hydrogen-bond donors (Lipinski definition) is 4. The van der Waals surface area contributed by atoms with Gasteiger partial charge in [0.25, 0.3) is 0 Å². The Morgan fingerprint density at radius 1 is 1.36 bits per heavy atom. The Labute approximate surface area is 135 Å². The maximum absolute atomic E-state index is 5.59. The van der Waals surface area contributed by atoms with Gasteiger partial charge in [-0.25, -0.2) is 0 Å². The van der Waals surface area contributed by atoms with Gasteiger partial charge in [-0.2, -0.15) is 0 Å². The highest BCUT2D eigenvalue weighted by atomic mass is 15.0. The molecule has 0 aromatic carbocycles. The lowest BCUT2D eigenvalue weighted by atomic mass is 9.94. The molecule has 0 fully saturated rings. The molecule has 1 aliphatic rings. The van der Waals surface area contributed by atoms with Crippen molar-refractivity contribution in [2.75, 3.05) is 27.2 Å². The number of amidine groups is 1. The van der Waals surface area contributed by atoms with Crippen molar-refractivity contribution in [2.24, 2.45) is 22.6 Å². The minimum atomic E-state index is 0.260. The molecule has 4 atom stereocenters. The number of aliphatic imine (C=N–C) groups is 1. The molecule has 0 saturated heterocycles. The lowest BCUT2D eigenvalue weighted by Crippen LogP contribution is -2.46. The number of nitrogens with two attached hydrogens (primary N) is 1. The van der Waals surface area contributed by atoms with Crippen LogP contribution in [0.25, 0.3) is 0 Å². The first-order chi connectivity index (χ1) is 10.5. The number of allylic oxidation sites excluding steroid dienone is 1. The summed E-state index contributed by atoms with van der Waals surface area (Å²) in [4.78, 5) is 4.77. The molecule has 5 nitrogen and oxygen atoms in total. The van der Waals surface area contributed by atoms with Crippen LogP contribution in [0.4, 0.5) is 0 Å². The van der Waals surface area contributed by atoms with E-state index in [0.29, 0.717) is 24.4 Å². The van der Waals surface area contributed by atoms with Crippen molar-refractivity contribution >= 4 is 5.84 Å². The van der Waals surface area contributed by atoms with E-state index in [4.69, 9.17) is 10.7 Å². The monoisotopic (exact) mass is 307 g/mol. The number of likely N-dealkylation sites (N-methyl/N-ethyl adjacent to an activating group) is 1. The van der Waals surface area contributed by atoms with E-state index in [2.05, 4.69) is 54.9 Å². The molecular formula is C17H33N5. The summed E-state index contributed by atoms with van der Waals surface area (Å²) >= 11 is 0. The normalized spacial score (nSPS) is 24.6. The fraction of sp³-hybridized carbons (Fsp3) is 0.706. The zero-order valence-corrected chi connectivity index (χ0v) is 14.7. The maximum Gasteiger partial charge on any atom is 0.101 e. The Balaban J connectivity index is 2.85. The van der Waals surface area contributed by atoms with Crippen LogP contribution in [0.15, 0.2) is 28.9 Å². The van der Waals surface area contributed by atoms with Crippen molar-refractivity contribution in [2.45, 2.75) is 39.3 Å². The van der Waals surface area contributed by atoms with Crippen molar-refractivity contribution in [3.8, 4) is 0 Å². The van der Waals surface area contributed by atoms with Gasteiger partial charge in [0.2, 0.25) is 0 Å². The molecule has 5 N–H and O–H groups in total. The third kappa shape index (κ3) is 5.46. The van der Waals surface area contributed by atoms with Crippen LogP contribution in [-0.4, -0.2) is 45.1 Å². The Kier molecular flexibility index (Phi) is 8.20. The van der Waals surface area contributed by atoms with Crippen LogP contribution in [0.2, 0.25) is 0 Å². The first-order valence-electron chi connectivity index (χ1n) is 8.29. The van der Waals surface area contributed by atoms with Gasteiger partial charge in [0.1, 0.15) is 5.84 Å². The second-order valence-corrected chi connectivity index (χ2v) is 6.04. The molecule has 0 aliphatic heterocycles. The van der Waals surface area contributed by atoms with Gasteiger partial charge in [-0.15, -0.1) is 0 Å². The largest absolute Gasteiger partial charge is 0.388 e. The van der Waals surface area contributed by atoms with Gasteiger partial charge in [-0.3, -0.25) is 4.99 Å². The second kappa shape index (κ2) is 9.64. The zero-order valence-electron chi connectivity index (χ0n) is 14.7. The Morgan fingerprint density at radius 3 is 2.68 bits per heavy atom. The smallest absolute Gasteiger partial charge is 0.101 e. The predicted molar refractivity (Wildman–Crippen MR) is 96.0 cm³/mol. The molecule has 0 spiro atoms. The molecule has 0 saturated carbocycles. The first kappa shape index (κ1) is 18.7. The van der Waals surface area contributed by atoms with Crippen LogP contribution in [0, 0.1) is 11.8 Å². The fourth-order valence-corrected chi connectivity index (χ4v) is 2.39. The Bertz CT molecular complexity index is 413. The molecule has 0 amide bonds. The van der Waals surface area contributed by atoms with E-state index in [0.717, 1.165) is 24.5 Å². The van der Waals surface area contributed by atoms with Crippen molar-refractivity contribution in [1.82, 2.24) is 16.0 Å². The number of nitrogens with zero attached hydrogens (tertiary/aromatic N) is 1. The molecule has 0 aromatic heterocycles. The number of nitrogens with one attached hydrogen (secondary N) is 3. The van der Waals surface area contributed by atoms with E-state index in [1.807, 2.05) is 14.1 Å². The fourth-order valence-electron chi connectivity index (χ4n) is 2.39. The third-order valence-electron chi connectivity index (χ3n) is 4.39. The first-order valence-corrected chi connectivity index (χ1v) is 8.29. The molecule has 0 radical (unpaired) electrons. The molecular weight excluding hydrogens is 274 g/mol. The van der Waals surface area contributed by atoms with Crippen molar-refractivity contribution in [3.05, 3.63) is 23.9 Å². The van der Waals surface area contributed by atoms with Gasteiger partial charge in [0.05, 0.1) is 6.04 Å². The topological polar surface area (TPSA) is 74.5 Å². The molecule has 0 unspecified atom stereocenters. The highest BCUT2D eigenvalue weighted by molar-refractivity contribution is 5.85. The van der Waals surface area contributed by atoms with Gasteiger partial charge < -0.3 is 21.7 Å². The minimum absolute atomic E-state index is 0.260. The summed E-state index contributed by atoms with van der Waals surface area (Å²) < 4.78 is 0. The maximum atomic E-state index is 5.59. The van der Waals surface area contributed by atoms with Crippen LogP contribution >= 0.6 is 0 Å². The highest BCUT2D eigenvalue weighted by Gasteiger charge is 2.23. The van der Waals surface area contributed by atoms with Crippen LogP contribution < -0.4 is 21.7 Å². The van der Waals surface area contributed by atoms with E-state index in [-0.39, 0.29) is 6.04 Å². The summed E-state index contributed by atoms with van der Waals surface area (Å²) in [6, 6.07) is 0.627. The molecule has 5 heteroatoms. The van der Waals surface area contributed by atoms with Crippen molar-refractivity contribution in [1.29, 1.82) is 0 Å². The minimum Gasteiger partial charge on any atom is -0.388 e. The molecule has 22 heavy (non-hydrogen) atoms. The lowest BCUT2D eigenvalue weighted by molar-refractivity contribution is 0.488. The molecule has 1 rings (SSSR count). The van der Waals surface area contributed by atoms with Crippen molar-refractivity contribution < 1.29 is 0 Å². The van der Waals surface area contributed by atoms with Crippen molar-refractivity contribution in [3.63, 3.8) is 0 Å². The highest BCUT2D eigenvalue weighted by Crippen LogP contribution is 2.16. The second-order valence-electron chi connectivity index (χ2n) is 6.04. The van der Waals surface area contributed by atoms with E-state index >= 15 is 0 Å². The van der Waals surface area contributed by atoms with E-state index < -0.39 is 0 Å². The van der Waals surface area contributed by atoms with Gasteiger partial charge in [0.15, 0.2) is 0 Å². The van der Waals surface area contributed by atoms with E-state index in [9.17, 15) is 0 Å². The van der Waals surface area contributed by atoms with Crippen LogP contribution in [-0.2, 0) is 0 Å². The molecule has 1 aliphatic carbocycles. The molecule has 0 heterocycles. The SMILES string of the molecule is CNC1=C[C@H](NC(=NCCCN)[C@@H](C)[C@H](C)NC)[C@H](C)C=C1. The average molecular weight is 307 g/mol. The summed E-state index contributed by atoms with van der Waals surface area (Å²) in [7, 11) is 3.94. The van der Waals surface area contributed by atoms with Gasteiger partial charge in [-0.1, -0.05) is 19.9 Å². The molecule has 0 bridgehead atoms. The number of rotatable bonds is 8. The quantitative estimate of drug-likeness (QED) is 0.309. The standard InChI is InChI=1S/C17H33N5/c1-12-7-8-15(20-5)11-16(12)22-17(21-10-6-9-18)13(2)14(3)19-4/h7-8,11-14,16,19-20H,6,9-10,18H2,1-5H3,(H,21,22)/t12-,13+,14+,16+/m1/s1. The van der Waals surface area contributed by atoms with Gasteiger partial charge in [-0.05, 0) is 45.0 Å². The van der Waals surface area contributed by atoms with Crippen LogP contribution in [0.3, 0.4) is 0 Å². The van der Waals surface area contributed by atoms with Crippen LogP contribution in [0.1, 0.15) is 27.2 Å². The average Bonchev–Trinajstić information content (AvgIpc) is 2.54. The third-order valence-corrected chi connectivity index (χ3v) is 4.39. The summed E-state index contributed by atoms with van der Waals surface area (Å²) in [6.07, 6.45) is 7.52. The Hall–Kier alpha value is -1.33.